The third-order valence-electron chi connectivity index (χ3n) is 1.89. The summed E-state index contributed by atoms with van der Waals surface area (Å²) in [6.07, 6.45) is 1.21. The number of amides is 2. The number of carbonyl (C=O) groups is 3. The zero-order valence-corrected chi connectivity index (χ0v) is 15.4. The van der Waals surface area contributed by atoms with Gasteiger partial charge in [-0.1, -0.05) is 31.9 Å². The van der Waals surface area contributed by atoms with Gasteiger partial charge >= 0.3 is 12.1 Å². The molecule has 0 aliphatic carbocycles. The Kier molecular flexibility index (Phi) is 14.6. The van der Waals surface area contributed by atoms with Crippen molar-refractivity contribution >= 4 is 29.6 Å². The molecule has 0 heterocycles. The number of carbonyl (C=O) groups excluding carboxylic acids is 3. The van der Waals surface area contributed by atoms with E-state index < -0.39 is 17.7 Å². The average Bonchev–Trinajstić information content (AvgIpc) is 2.41. The Morgan fingerprint density at radius 3 is 2.13 bits per heavy atom. The van der Waals surface area contributed by atoms with Gasteiger partial charge in [0.05, 0.1) is 6.54 Å². The number of alkyl carbamates (subject to hydrolysis) is 1. The lowest BCUT2D eigenvalue weighted by molar-refractivity contribution is -0.141. The highest BCUT2D eigenvalue weighted by Gasteiger charge is 2.16. The molecule has 136 valence electrons. The Hall–Kier alpha value is -1.50. The van der Waals surface area contributed by atoms with Gasteiger partial charge in [-0.3, -0.25) is 9.59 Å². The van der Waals surface area contributed by atoms with Crippen molar-refractivity contribution in [2.75, 3.05) is 19.2 Å². The summed E-state index contributed by atoms with van der Waals surface area (Å²) in [7, 11) is 0. The van der Waals surface area contributed by atoms with Gasteiger partial charge in [0.2, 0.25) is 5.91 Å². The number of ether oxygens (including phenoxy) is 2. The molecule has 8 heteroatoms. The quantitative estimate of drug-likeness (QED) is 0.417. The monoisotopic (exact) mass is 352 g/mol. The van der Waals surface area contributed by atoms with Crippen LogP contribution >= 0.6 is 11.6 Å². The minimum absolute atomic E-state index is 0.173. The summed E-state index contributed by atoms with van der Waals surface area (Å²) in [5, 5.41) is 4.88. The molecule has 7 nitrogen and oxygen atoms in total. The van der Waals surface area contributed by atoms with Crippen molar-refractivity contribution in [1.29, 1.82) is 0 Å². The minimum Gasteiger partial charge on any atom is -0.449 e. The van der Waals surface area contributed by atoms with E-state index in [0.717, 1.165) is 0 Å². The number of hydrogen-bond acceptors (Lipinski definition) is 5. The number of alkyl halides is 1. The van der Waals surface area contributed by atoms with Gasteiger partial charge in [0.15, 0.2) is 6.07 Å². The molecule has 0 aliphatic heterocycles. The van der Waals surface area contributed by atoms with Gasteiger partial charge in [0.25, 0.3) is 0 Å². The van der Waals surface area contributed by atoms with Gasteiger partial charge in [-0.05, 0) is 27.2 Å². The van der Waals surface area contributed by atoms with Crippen molar-refractivity contribution < 1.29 is 23.9 Å². The standard InChI is InChI=1S/C12H21ClN2O5.C3H8/c1-12(2,3)20-11(18)15-7-9(16)14-6-4-5-10(17)19-8-13;1-3-2/h4-8H2,1-3H3,(H,14,16)(H,15,18);3H2,1-2H3. The zero-order chi connectivity index (χ0) is 18.3. The molecular weight excluding hydrogens is 324 g/mol. The molecule has 0 saturated heterocycles. The molecule has 0 atom stereocenters. The lowest BCUT2D eigenvalue weighted by Crippen LogP contribution is -2.40. The molecule has 0 fully saturated rings. The Labute approximate surface area is 143 Å². The smallest absolute Gasteiger partial charge is 0.408 e. The lowest BCUT2D eigenvalue weighted by atomic mass is 10.2. The predicted octanol–water partition coefficient (Wildman–Crippen LogP) is 2.56. The largest absolute Gasteiger partial charge is 0.449 e. The highest BCUT2D eigenvalue weighted by molar-refractivity contribution is 6.17. The van der Waals surface area contributed by atoms with E-state index >= 15 is 0 Å². The topological polar surface area (TPSA) is 93.7 Å². The van der Waals surface area contributed by atoms with E-state index in [9.17, 15) is 14.4 Å². The van der Waals surface area contributed by atoms with E-state index in [1.807, 2.05) is 0 Å². The minimum atomic E-state index is -0.654. The summed E-state index contributed by atoms with van der Waals surface area (Å²) in [6.45, 7) is 9.57. The van der Waals surface area contributed by atoms with E-state index in [-0.39, 0.29) is 24.9 Å². The summed E-state index contributed by atoms with van der Waals surface area (Å²) < 4.78 is 9.48. The SMILES string of the molecule is CC(C)(C)OC(=O)NCC(=O)NCCCC(=O)OCCl.CCC. The van der Waals surface area contributed by atoms with E-state index in [0.29, 0.717) is 13.0 Å². The molecule has 0 rings (SSSR count). The molecule has 23 heavy (non-hydrogen) atoms. The van der Waals surface area contributed by atoms with Crippen molar-refractivity contribution in [3.63, 3.8) is 0 Å². The summed E-state index contributed by atoms with van der Waals surface area (Å²) in [5.74, 6) is -0.775. The molecule has 0 bridgehead atoms. The normalized spacial score (nSPS) is 10.0. The highest BCUT2D eigenvalue weighted by Crippen LogP contribution is 2.05. The number of halogens is 1. The summed E-state index contributed by atoms with van der Waals surface area (Å²) in [5.41, 5.74) is -0.608. The van der Waals surface area contributed by atoms with Crippen LogP contribution in [0.3, 0.4) is 0 Å². The number of rotatable bonds is 7. The predicted molar refractivity (Wildman–Crippen MR) is 89.3 cm³/mol. The zero-order valence-electron chi connectivity index (χ0n) is 14.7. The van der Waals surface area contributed by atoms with Crippen molar-refractivity contribution in [3.05, 3.63) is 0 Å². The number of esters is 1. The van der Waals surface area contributed by atoms with Crippen molar-refractivity contribution in [2.24, 2.45) is 0 Å². The number of nitrogens with one attached hydrogen (secondary N) is 2. The van der Waals surface area contributed by atoms with Gasteiger partial charge in [0.1, 0.15) is 5.60 Å². The Balaban J connectivity index is 0. The van der Waals surface area contributed by atoms with Crippen molar-refractivity contribution in [3.8, 4) is 0 Å². The van der Waals surface area contributed by atoms with Crippen LogP contribution in [0.5, 0.6) is 0 Å². The van der Waals surface area contributed by atoms with Crippen LogP contribution in [0.2, 0.25) is 0 Å². The van der Waals surface area contributed by atoms with Crippen LogP contribution in [0, 0.1) is 0 Å². The molecule has 2 N–H and O–H groups in total. The molecular formula is C15H29ClN2O5. The van der Waals surface area contributed by atoms with Crippen LogP contribution in [-0.2, 0) is 19.1 Å². The van der Waals surface area contributed by atoms with Gasteiger partial charge in [-0.25, -0.2) is 4.79 Å². The van der Waals surface area contributed by atoms with E-state index in [1.165, 1.54) is 6.42 Å². The molecule has 0 spiro atoms. The summed E-state index contributed by atoms with van der Waals surface area (Å²) in [6, 6.07) is -0.176. The van der Waals surface area contributed by atoms with Gasteiger partial charge in [0, 0.05) is 13.0 Å². The summed E-state index contributed by atoms with van der Waals surface area (Å²) in [4.78, 5) is 33.6. The van der Waals surface area contributed by atoms with Crippen LogP contribution in [0.15, 0.2) is 0 Å². The highest BCUT2D eigenvalue weighted by atomic mass is 35.5. The number of hydrogen-bond donors (Lipinski definition) is 2. The molecule has 0 aromatic heterocycles. The van der Waals surface area contributed by atoms with Crippen LogP contribution in [0.4, 0.5) is 4.79 Å². The molecule has 0 aromatic rings. The fourth-order valence-electron chi connectivity index (χ4n) is 1.12. The van der Waals surface area contributed by atoms with Crippen LogP contribution < -0.4 is 10.6 Å². The fourth-order valence-corrected chi connectivity index (χ4v) is 1.24. The fraction of sp³-hybridized carbons (Fsp3) is 0.800. The molecule has 0 aromatic carbocycles. The second kappa shape index (κ2) is 14.1. The van der Waals surface area contributed by atoms with Crippen LogP contribution in [-0.4, -0.2) is 42.7 Å². The van der Waals surface area contributed by atoms with Gasteiger partial charge < -0.3 is 20.1 Å². The second-order valence-electron chi connectivity index (χ2n) is 5.64. The first-order valence-electron chi connectivity index (χ1n) is 7.61. The molecule has 0 radical (unpaired) electrons. The average molecular weight is 353 g/mol. The Morgan fingerprint density at radius 1 is 1.09 bits per heavy atom. The second-order valence-corrected chi connectivity index (χ2v) is 5.86. The molecule has 0 saturated carbocycles. The van der Waals surface area contributed by atoms with E-state index in [2.05, 4.69) is 29.2 Å². The molecule has 0 aliphatic rings. The lowest BCUT2D eigenvalue weighted by Gasteiger charge is -2.19. The molecule has 0 unspecified atom stereocenters. The molecule has 2 amide bonds. The third kappa shape index (κ3) is 20.5. The van der Waals surface area contributed by atoms with Crippen LogP contribution in [0.25, 0.3) is 0 Å². The third-order valence-corrected chi connectivity index (χ3v) is 2.00. The van der Waals surface area contributed by atoms with Crippen molar-refractivity contribution in [2.45, 2.75) is 59.5 Å². The maximum atomic E-state index is 11.4. The maximum Gasteiger partial charge on any atom is 0.408 e. The first-order chi connectivity index (χ1) is 10.7. The first-order valence-corrected chi connectivity index (χ1v) is 8.14. The maximum absolute atomic E-state index is 11.4. The Bertz CT molecular complexity index is 356. The van der Waals surface area contributed by atoms with Gasteiger partial charge in [-0.2, -0.15) is 0 Å². The van der Waals surface area contributed by atoms with E-state index in [1.54, 1.807) is 20.8 Å². The van der Waals surface area contributed by atoms with Gasteiger partial charge in [-0.15, -0.1) is 0 Å². The van der Waals surface area contributed by atoms with Crippen molar-refractivity contribution in [1.82, 2.24) is 10.6 Å². The Morgan fingerprint density at radius 2 is 1.65 bits per heavy atom. The van der Waals surface area contributed by atoms with Crippen LogP contribution in [0.1, 0.15) is 53.9 Å². The summed E-state index contributed by atoms with van der Waals surface area (Å²) >= 11 is 5.21. The first kappa shape index (κ1) is 23.8. The van der Waals surface area contributed by atoms with E-state index in [4.69, 9.17) is 16.3 Å².